The largest absolute Gasteiger partial charge is 0.733 e. The minimum atomic E-state index is -0.483. The zero-order chi connectivity index (χ0) is 21.4. The molecule has 1 heterocycles. The average Bonchev–Trinajstić information content (AvgIpc) is 3.04. The lowest BCUT2D eigenvalue weighted by atomic mass is 9.55. The van der Waals surface area contributed by atoms with Gasteiger partial charge in [-0.15, -0.1) is 0 Å². The summed E-state index contributed by atoms with van der Waals surface area (Å²) in [5, 5.41) is 20.4. The third-order valence-electron chi connectivity index (χ3n) is 7.00. The van der Waals surface area contributed by atoms with Crippen LogP contribution in [-0.2, 0) is 9.59 Å². The summed E-state index contributed by atoms with van der Waals surface area (Å²) in [6, 6.07) is 20.3. The monoisotopic (exact) mass is 411 g/mol. The normalized spacial score (nSPS) is 25.3. The molecule has 7 rings (SSSR count). The highest BCUT2D eigenvalue weighted by molar-refractivity contribution is 6.23. The first-order chi connectivity index (χ1) is 15.0. The molecule has 3 aliphatic carbocycles. The van der Waals surface area contributed by atoms with Crippen LogP contribution in [0, 0.1) is 24.0 Å². The number of carbonyl (C=O) groups is 2. The van der Waals surface area contributed by atoms with Crippen molar-refractivity contribution >= 4 is 23.2 Å². The topological polar surface area (TPSA) is 83.9 Å². The van der Waals surface area contributed by atoms with Crippen LogP contribution in [0.25, 0.3) is 0 Å². The molecule has 1 saturated heterocycles. The summed E-state index contributed by atoms with van der Waals surface area (Å²) in [6.45, 7) is 2.04. The van der Waals surface area contributed by atoms with Gasteiger partial charge < -0.3 is 10.4 Å². The van der Waals surface area contributed by atoms with E-state index in [9.17, 15) is 20.0 Å². The zero-order valence-corrected chi connectivity index (χ0v) is 16.7. The Morgan fingerprint density at radius 2 is 1.42 bits per heavy atom. The van der Waals surface area contributed by atoms with Crippen molar-refractivity contribution in [2.24, 2.45) is 11.8 Å². The summed E-state index contributed by atoms with van der Waals surface area (Å²) in [7, 11) is 0. The van der Waals surface area contributed by atoms with Crippen LogP contribution in [0.5, 0.6) is 0 Å². The van der Waals surface area contributed by atoms with Gasteiger partial charge in [-0.05, 0) is 47.4 Å². The van der Waals surface area contributed by atoms with Gasteiger partial charge in [-0.25, -0.2) is 4.90 Å². The standard InChI is InChI=1S/C25H19N2O4/c1-13-9-10-18-19(11-13)21-17-8-3-2-7-16(17)20(18)22-23(21)25(29)26(24(22)28)14-5-4-6-15(12-14)27(30)31/h2-12,20-23,30H,1H3/q-1. The van der Waals surface area contributed by atoms with Crippen LogP contribution in [0.1, 0.15) is 39.7 Å². The molecular weight excluding hydrogens is 392 g/mol. The van der Waals surface area contributed by atoms with Gasteiger partial charge in [0.25, 0.3) is 0 Å². The van der Waals surface area contributed by atoms with Crippen molar-refractivity contribution in [3.8, 4) is 0 Å². The van der Waals surface area contributed by atoms with Crippen LogP contribution in [0.3, 0.4) is 0 Å². The molecule has 1 N–H and O–H groups in total. The number of amides is 2. The second-order valence-corrected chi connectivity index (χ2v) is 8.57. The van der Waals surface area contributed by atoms with Gasteiger partial charge in [-0.2, -0.15) is 0 Å². The van der Waals surface area contributed by atoms with Gasteiger partial charge in [-0.3, -0.25) is 14.8 Å². The SMILES string of the molecule is Cc1ccc2c(c1)C1c3ccccc3C2C2C(=O)N(c3cccc(N([O-])O)c3)C(=O)C12. The number of nitrogens with zero attached hydrogens (tertiary/aromatic N) is 2. The zero-order valence-electron chi connectivity index (χ0n) is 16.7. The molecule has 4 unspecified atom stereocenters. The Morgan fingerprint density at radius 1 is 0.806 bits per heavy atom. The van der Waals surface area contributed by atoms with E-state index in [0.29, 0.717) is 5.69 Å². The van der Waals surface area contributed by atoms with Crippen LogP contribution in [0.4, 0.5) is 11.4 Å². The third kappa shape index (κ3) is 2.34. The molecule has 0 aromatic heterocycles. The Bertz CT molecular complexity index is 1270. The Kier molecular flexibility index (Phi) is 3.70. The van der Waals surface area contributed by atoms with E-state index in [1.54, 1.807) is 12.1 Å². The van der Waals surface area contributed by atoms with Gasteiger partial charge in [0.1, 0.15) is 0 Å². The number of hydrogen-bond donors (Lipinski definition) is 1. The molecule has 6 nitrogen and oxygen atoms in total. The molecule has 0 saturated carbocycles. The third-order valence-corrected chi connectivity index (χ3v) is 7.00. The van der Waals surface area contributed by atoms with Crippen molar-refractivity contribution in [1.82, 2.24) is 0 Å². The van der Waals surface area contributed by atoms with Gasteiger partial charge in [-0.1, -0.05) is 54.1 Å². The fourth-order valence-corrected chi connectivity index (χ4v) is 5.85. The number of aryl methyl sites for hydroxylation is 1. The second kappa shape index (κ2) is 6.26. The van der Waals surface area contributed by atoms with Crippen LogP contribution in [0.2, 0.25) is 0 Å². The number of benzene rings is 3. The van der Waals surface area contributed by atoms with Crippen LogP contribution in [-0.4, -0.2) is 17.0 Å². The van der Waals surface area contributed by atoms with E-state index < -0.39 is 11.8 Å². The minimum Gasteiger partial charge on any atom is -0.733 e. The van der Waals surface area contributed by atoms with Gasteiger partial charge >= 0.3 is 0 Å². The number of imide groups is 1. The number of hydrogen-bond acceptors (Lipinski definition) is 5. The van der Waals surface area contributed by atoms with Crippen molar-refractivity contribution in [1.29, 1.82) is 0 Å². The predicted octanol–water partition coefficient (Wildman–Crippen LogP) is 4.09. The highest BCUT2D eigenvalue weighted by Gasteiger charge is 2.61. The van der Waals surface area contributed by atoms with E-state index in [1.165, 1.54) is 17.0 Å². The van der Waals surface area contributed by atoms with E-state index in [4.69, 9.17) is 0 Å². The van der Waals surface area contributed by atoms with E-state index in [0.717, 1.165) is 27.8 Å². The number of rotatable bonds is 2. The summed E-state index contributed by atoms with van der Waals surface area (Å²) in [5.41, 5.74) is 5.88. The second-order valence-electron chi connectivity index (χ2n) is 8.57. The first-order valence-electron chi connectivity index (χ1n) is 10.3. The van der Waals surface area contributed by atoms with Crippen molar-refractivity contribution in [3.05, 3.63) is 99.8 Å². The fourth-order valence-electron chi connectivity index (χ4n) is 5.85. The van der Waals surface area contributed by atoms with Crippen LogP contribution in [0.15, 0.2) is 66.7 Å². The molecule has 1 fully saturated rings. The molecule has 31 heavy (non-hydrogen) atoms. The van der Waals surface area contributed by atoms with Gasteiger partial charge in [0.2, 0.25) is 11.8 Å². The van der Waals surface area contributed by atoms with Crippen molar-refractivity contribution in [2.75, 3.05) is 10.1 Å². The Balaban J connectivity index is 1.54. The average molecular weight is 411 g/mol. The van der Waals surface area contributed by atoms with Gasteiger partial charge in [0.05, 0.1) is 23.2 Å². The lowest BCUT2D eigenvalue weighted by molar-refractivity contribution is -0.122. The molecule has 4 aliphatic rings. The van der Waals surface area contributed by atoms with Crippen molar-refractivity contribution in [2.45, 2.75) is 18.8 Å². The molecule has 2 bridgehead atoms. The summed E-state index contributed by atoms with van der Waals surface area (Å²) < 4.78 is 0. The summed E-state index contributed by atoms with van der Waals surface area (Å²) >= 11 is 0. The predicted molar refractivity (Wildman–Crippen MR) is 115 cm³/mol. The lowest BCUT2D eigenvalue weighted by Gasteiger charge is -2.46. The van der Waals surface area contributed by atoms with Crippen molar-refractivity contribution < 1.29 is 14.8 Å². The maximum atomic E-state index is 13.7. The summed E-state index contributed by atoms with van der Waals surface area (Å²) in [4.78, 5) is 28.5. The Morgan fingerprint density at radius 3 is 2.06 bits per heavy atom. The van der Waals surface area contributed by atoms with E-state index in [1.807, 2.05) is 19.1 Å². The first-order valence-corrected chi connectivity index (χ1v) is 10.3. The van der Waals surface area contributed by atoms with E-state index in [2.05, 4.69) is 30.3 Å². The fraction of sp³-hybridized carbons (Fsp3) is 0.200. The molecule has 0 radical (unpaired) electrons. The molecular formula is C25H19N2O4-. The molecule has 1 aliphatic heterocycles. The summed E-state index contributed by atoms with van der Waals surface area (Å²) in [6.07, 6.45) is 0. The van der Waals surface area contributed by atoms with Crippen molar-refractivity contribution in [3.63, 3.8) is 0 Å². The Labute approximate surface area is 178 Å². The maximum absolute atomic E-state index is 13.7. The first kappa shape index (κ1) is 18.3. The molecule has 3 aromatic rings. The smallest absolute Gasteiger partial charge is 0.238 e. The molecule has 2 amide bonds. The highest BCUT2D eigenvalue weighted by atomic mass is 16.8. The van der Waals surface area contributed by atoms with E-state index >= 15 is 0 Å². The highest BCUT2D eigenvalue weighted by Crippen LogP contribution is 2.61. The molecule has 3 aromatic carbocycles. The maximum Gasteiger partial charge on any atom is 0.238 e. The van der Waals surface area contributed by atoms with Crippen LogP contribution < -0.4 is 10.1 Å². The molecule has 6 heteroatoms. The quantitative estimate of drug-likeness (QED) is 0.507. The minimum absolute atomic E-state index is 0.0295. The molecule has 154 valence electrons. The van der Waals surface area contributed by atoms with Gasteiger partial charge in [0, 0.05) is 11.8 Å². The Hall–Kier alpha value is -3.48. The molecule has 0 spiro atoms. The molecule has 4 atom stereocenters. The summed E-state index contributed by atoms with van der Waals surface area (Å²) in [5.74, 6) is -1.83. The number of anilines is 2. The van der Waals surface area contributed by atoms with Gasteiger partial charge in [0.15, 0.2) is 0 Å². The van der Waals surface area contributed by atoms with Crippen LogP contribution >= 0.6 is 0 Å². The number of carbonyl (C=O) groups excluding carboxylic acids is 2. The lowest BCUT2D eigenvalue weighted by Crippen LogP contribution is -2.41. The van der Waals surface area contributed by atoms with E-state index in [-0.39, 0.29) is 34.6 Å².